The van der Waals surface area contributed by atoms with Gasteiger partial charge in [-0.2, -0.15) is 0 Å². The Bertz CT molecular complexity index is 1180. The monoisotopic (exact) mass is 664 g/mol. The van der Waals surface area contributed by atoms with Gasteiger partial charge in [0.05, 0.1) is 27.4 Å². The number of hydrogen-bond acceptors (Lipinski definition) is 9. The van der Waals surface area contributed by atoms with Gasteiger partial charge in [-0.1, -0.05) is 32.9 Å². The van der Waals surface area contributed by atoms with Crippen molar-refractivity contribution in [1.29, 1.82) is 0 Å². The Hall–Kier alpha value is -2.46. The fraction of sp³-hybridized carbons (Fsp3) is 0.838. The Morgan fingerprint density at radius 2 is 1.32 bits per heavy atom. The van der Waals surface area contributed by atoms with Crippen LogP contribution in [0.5, 0.6) is 0 Å². The number of esters is 3. The van der Waals surface area contributed by atoms with Crippen LogP contribution >= 0.6 is 0 Å². The van der Waals surface area contributed by atoms with Crippen molar-refractivity contribution in [1.82, 2.24) is 0 Å². The lowest BCUT2D eigenvalue weighted by Crippen LogP contribution is -2.67. The van der Waals surface area contributed by atoms with E-state index >= 15 is 0 Å². The van der Waals surface area contributed by atoms with Gasteiger partial charge < -0.3 is 29.5 Å². The van der Waals surface area contributed by atoms with Crippen molar-refractivity contribution in [2.75, 3.05) is 0 Å². The third-order valence-electron chi connectivity index (χ3n) is 11.4. The molecule has 1 heterocycles. The van der Waals surface area contributed by atoms with E-state index in [1.54, 1.807) is 13.8 Å². The van der Waals surface area contributed by atoms with Gasteiger partial charge in [0, 0.05) is 38.0 Å². The number of allylic oxidation sites excluding steroid dienone is 1. The SMILES string of the molecule is CCC(C)(C)C(=O)O.CCC(C)(C)C(=O)OC12CC3CC(O)(CC(O)(C3)C1)C2.CCC(C)(C)C(=O)OC1CC2CC=CCC2OC1=O. The quantitative estimate of drug-likeness (QED) is 0.153. The summed E-state index contributed by atoms with van der Waals surface area (Å²) in [7, 11) is 0. The molecule has 0 aromatic carbocycles. The molecule has 0 amide bonds. The van der Waals surface area contributed by atoms with Crippen LogP contribution in [0, 0.1) is 28.1 Å². The highest BCUT2D eigenvalue weighted by Gasteiger charge is 2.64. The first-order chi connectivity index (χ1) is 21.5. The maximum atomic E-state index is 12.4. The second-order valence-corrected chi connectivity index (χ2v) is 16.9. The van der Waals surface area contributed by atoms with Gasteiger partial charge in [-0.05, 0) is 92.4 Å². The Balaban J connectivity index is 0.000000209. The first kappa shape index (κ1) is 39.0. The van der Waals surface area contributed by atoms with Crippen LogP contribution in [0.4, 0.5) is 0 Å². The van der Waals surface area contributed by atoms with Gasteiger partial charge in [0.25, 0.3) is 0 Å². The molecule has 6 rings (SSSR count). The van der Waals surface area contributed by atoms with Gasteiger partial charge in [0.2, 0.25) is 0 Å². The van der Waals surface area contributed by atoms with Crippen molar-refractivity contribution in [3.05, 3.63) is 12.2 Å². The number of fused-ring (bicyclic) bond motifs is 1. The predicted molar refractivity (Wildman–Crippen MR) is 176 cm³/mol. The average molecular weight is 665 g/mol. The zero-order valence-corrected chi connectivity index (χ0v) is 30.1. The Morgan fingerprint density at radius 1 is 0.809 bits per heavy atom. The normalized spacial score (nSPS) is 34.1. The molecule has 4 saturated carbocycles. The molecule has 5 aliphatic carbocycles. The average Bonchev–Trinajstić information content (AvgIpc) is 2.95. The molecular formula is C37H60O10. The van der Waals surface area contributed by atoms with E-state index in [2.05, 4.69) is 6.08 Å². The van der Waals surface area contributed by atoms with Gasteiger partial charge in [-0.25, -0.2) is 4.79 Å². The van der Waals surface area contributed by atoms with Crippen LogP contribution in [0.3, 0.4) is 0 Å². The second kappa shape index (κ2) is 14.2. The highest BCUT2D eigenvalue weighted by atomic mass is 16.6. The van der Waals surface area contributed by atoms with Crippen LogP contribution in [-0.2, 0) is 33.4 Å². The minimum atomic E-state index is -0.842. The molecule has 5 atom stereocenters. The van der Waals surface area contributed by atoms with Crippen molar-refractivity contribution < 1.29 is 48.7 Å². The number of rotatable bonds is 8. The van der Waals surface area contributed by atoms with Gasteiger partial charge in [0.15, 0.2) is 6.10 Å². The number of aliphatic hydroxyl groups is 2. The largest absolute Gasteiger partial charge is 0.481 e. The maximum absolute atomic E-state index is 12.4. The van der Waals surface area contributed by atoms with Crippen LogP contribution in [-0.4, -0.2) is 68.2 Å². The number of ether oxygens (including phenoxy) is 3. The Labute approximate surface area is 281 Å². The summed E-state index contributed by atoms with van der Waals surface area (Å²) >= 11 is 0. The molecular weight excluding hydrogens is 604 g/mol. The van der Waals surface area contributed by atoms with Gasteiger partial charge in [-0.3, -0.25) is 14.4 Å². The highest BCUT2D eigenvalue weighted by Crippen LogP contribution is 2.60. The van der Waals surface area contributed by atoms with Crippen LogP contribution in [0.2, 0.25) is 0 Å². The van der Waals surface area contributed by atoms with Gasteiger partial charge in [-0.15, -0.1) is 0 Å². The standard InChI is InChI=1S/C16H26O4.C15H22O4.C6H12O2/c1-4-13(2,3)12(17)20-16-7-11-5-14(18,9-16)8-15(19,6-11)10-16;1-4-15(2,3)14(17)19-12-9-10-7-5-6-8-11(10)18-13(12)16;1-4-6(2,3)5(7)8/h11,18-19H,4-10H2,1-3H3;5-6,10-12H,4,7-9H2,1-3H3;4H2,1-3H3,(H,7,8). The van der Waals surface area contributed by atoms with Crippen LogP contribution in [0.25, 0.3) is 0 Å². The van der Waals surface area contributed by atoms with Gasteiger partial charge in [0.1, 0.15) is 11.7 Å². The molecule has 10 nitrogen and oxygen atoms in total. The smallest absolute Gasteiger partial charge is 0.347 e. The number of carbonyl (C=O) groups excluding carboxylic acids is 3. The zero-order valence-electron chi connectivity index (χ0n) is 30.1. The molecule has 3 N–H and O–H groups in total. The molecule has 6 aliphatic rings. The molecule has 0 aromatic heterocycles. The molecule has 268 valence electrons. The molecule has 5 fully saturated rings. The zero-order chi connectivity index (χ0) is 35.6. The van der Waals surface area contributed by atoms with E-state index in [1.807, 2.05) is 54.5 Å². The fourth-order valence-corrected chi connectivity index (χ4v) is 7.36. The Kier molecular flexibility index (Phi) is 11.8. The van der Waals surface area contributed by atoms with Crippen molar-refractivity contribution in [2.45, 2.75) is 168 Å². The summed E-state index contributed by atoms with van der Waals surface area (Å²) < 4.78 is 16.6. The van der Waals surface area contributed by atoms with E-state index in [4.69, 9.17) is 19.3 Å². The summed E-state index contributed by atoms with van der Waals surface area (Å²) in [6, 6.07) is 0. The second-order valence-electron chi connectivity index (χ2n) is 16.9. The number of hydrogen-bond donors (Lipinski definition) is 3. The van der Waals surface area contributed by atoms with E-state index in [1.165, 1.54) is 0 Å². The molecule has 5 unspecified atom stereocenters. The van der Waals surface area contributed by atoms with E-state index in [0.29, 0.717) is 38.5 Å². The molecule has 1 saturated heterocycles. The highest BCUT2D eigenvalue weighted by molar-refractivity contribution is 5.82. The van der Waals surface area contributed by atoms with Gasteiger partial charge >= 0.3 is 23.9 Å². The summed E-state index contributed by atoms with van der Waals surface area (Å²) in [5, 5.41) is 29.8. The van der Waals surface area contributed by atoms with Crippen molar-refractivity contribution in [3.8, 4) is 0 Å². The first-order valence-electron chi connectivity index (χ1n) is 17.5. The predicted octanol–water partition coefficient (Wildman–Crippen LogP) is 6.29. The number of carbonyl (C=O) groups is 4. The lowest BCUT2D eigenvalue weighted by Gasteiger charge is -2.62. The summed E-state index contributed by atoms with van der Waals surface area (Å²) in [5.74, 6) is -1.07. The van der Waals surface area contributed by atoms with Crippen LogP contribution in [0.1, 0.15) is 139 Å². The Morgan fingerprint density at radius 3 is 1.79 bits per heavy atom. The third-order valence-corrected chi connectivity index (χ3v) is 11.4. The summed E-state index contributed by atoms with van der Waals surface area (Å²) in [5.41, 5.74) is -3.93. The summed E-state index contributed by atoms with van der Waals surface area (Å²) in [6.45, 7) is 16.6. The van der Waals surface area contributed by atoms with Crippen molar-refractivity contribution in [3.63, 3.8) is 0 Å². The number of carboxylic acids is 1. The summed E-state index contributed by atoms with van der Waals surface area (Å²) in [4.78, 5) is 46.6. The molecule has 0 spiro atoms. The molecule has 0 radical (unpaired) electrons. The topological polar surface area (TPSA) is 157 Å². The maximum Gasteiger partial charge on any atom is 0.347 e. The minimum Gasteiger partial charge on any atom is -0.481 e. The minimum absolute atomic E-state index is 0.0355. The lowest BCUT2D eigenvalue weighted by atomic mass is 9.50. The van der Waals surface area contributed by atoms with E-state index < -0.39 is 51.1 Å². The number of aliphatic carboxylic acids is 1. The van der Waals surface area contributed by atoms with Crippen LogP contribution < -0.4 is 0 Å². The molecule has 47 heavy (non-hydrogen) atoms. The molecule has 4 bridgehead atoms. The van der Waals surface area contributed by atoms with Crippen LogP contribution in [0.15, 0.2) is 12.2 Å². The number of carboxylic acid groups (broad SMARTS) is 1. The van der Waals surface area contributed by atoms with E-state index in [9.17, 15) is 29.4 Å². The third kappa shape index (κ3) is 9.37. The summed E-state index contributed by atoms with van der Waals surface area (Å²) in [6.07, 6.45) is 11.4. The molecule has 0 aromatic rings. The lowest BCUT2D eigenvalue weighted by molar-refractivity contribution is -0.264. The van der Waals surface area contributed by atoms with Crippen molar-refractivity contribution in [2.24, 2.45) is 28.1 Å². The van der Waals surface area contributed by atoms with Crippen molar-refractivity contribution >= 4 is 23.9 Å². The van der Waals surface area contributed by atoms with E-state index in [0.717, 1.165) is 38.5 Å². The van der Waals surface area contributed by atoms with E-state index in [-0.39, 0.29) is 29.9 Å². The molecule has 10 heteroatoms. The molecule has 1 aliphatic heterocycles. The first-order valence-corrected chi connectivity index (χ1v) is 17.5. The fourth-order valence-electron chi connectivity index (χ4n) is 7.36.